The van der Waals surface area contributed by atoms with Crippen molar-refractivity contribution in [3.8, 4) is 5.75 Å². The first kappa shape index (κ1) is 26.8. The van der Waals surface area contributed by atoms with Gasteiger partial charge in [0.05, 0.1) is 12.4 Å². The normalized spacial score (nSPS) is 20.6. The van der Waals surface area contributed by atoms with Crippen molar-refractivity contribution >= 4 is 22.0 Å². The van der Waals surface area contributed by atoms with Gasteiger partial charge in [-0.15, -0.1) is 0 Å². The Bertz CT molecular complexity index is 1040. The number of unbranched alkanes of at least 4 members (excludes halogenated alkanes) is 2. The lowest BCUT2D eigenvalue weighted by Gasteiger charge is -2.35. The summed E-state index contributed by atoms with van der Waals surface area (Å²) >= 11 is 0. The van der Waals surface area contributed by atoms with E-state index in [0.717, 1.165) is 44.3 Å². The van der Waals surface area contributed by atoms with Crippen LogP contribution in [0.25, 0.3) is 0 Å². The van der Waals surface area contributed by atoms with E-state index in [4.69, 9.17) is 4.74 Å². The summed E-state index contributed by atoms with van der Waals surface area (Å²) in [7, 11) is -1.54. The monoisotopic (exact) mass is 524 g/mol. The van der Waals surface area contributed by atoms with Crippen molar-refractivity contribution < 1.29 is 27.1 Å². The number of carbonyl (C=O) groups excluding carboxylic acids is 2. The lowest BCUT2D eigenvalue weighted by molar-refractivity contribution is -0.118. The lowest BCUT2D eigenvalue weighted by Crippen LogP contribution is -2.40. The number of nitrogens with one attached hydrogen (secondary N) is 2. The van der Waals surface area contributed by atoms with Gasteiger partial charge in [0.25, 0.3) is 0 Å². The highest BCUT2D eigenvalue weighted by atomic mass is 32.2. The van der Waals surface area contributed by atoms with Crippen LogP contribution < -0.4 is 14.8 Å². The molecule has 0 bridgehead atoms. The quantitative estimate of drug-likeness (QED) is 0.303. The van der Waals surface area contributed by atoms with Gasteiger partial charge in [0.1, 0.15) is 6.54 Å². The predicted molar refractivity (Wildman–Crippen MR) is 133 cm³/mol. The molecule has 3 fully saturated rings. The fraction of sp³-hybridized carbons (Fsp3) is 0.680. The van der Waals surface area contributed by atoms with Crippen molar-refractivity contribution in [3.05, 3.63) is 29.6 Å². The van der Waals surface area contributed by atoms with Gasteiger partial charge in [-0.05, 0) is 88.2 Å². The Hall–Kier alpha value is -2.24. The van der Waals surface area contributed by atoms with Crippen LogP contribution >= 0.6 is 0 Å². The van der Waals surface area contributed by atoms with Crippen molar-refractivity contribution in [1.29, 1.82) is 0 Å². The fourth-order valence-corrected chi connectivity index (χ4v) is 6.22. The summed E-state index contributed by atoms with van der Waals surface area (Å²) in [5.41, 5.74) is 0.727. The molecule has 11 heteroatoms. The van der Waals surface area contributed by atoms with E-state index in [1.807, 2.05) is 0 Å². The minimum absolute atomic E-state index is 0.0342. The van der Waals surface area contributed by atoms with Gasteiger partial charge in [-0.1, -0.05) is 12.5 Å². The number of amides is 3. The van der Waals surface area contributed by atoms with E-state index < -0.39 is 27.9 Å². The number of urea groups is 1. The second-order valence-corrected chi connectivity index (χ2v) is 12.2. The molecule has 0 aromatic heterocycles. The van der Waals surface area contributed by atoms with Crippen LogP contribution in [-0.2, 0) is 14.8 Å². The molecule has 1 aromatic carbocycles. The first-order valence-electron chi connectivity index (χ1n) is 12.9. The minimum atomic E-state index is -3.59. The first-order valence-corrected chi connectivity index (χ1v) is 14.5. The molecule has 1 atom stereocenters. The van der Waals surface area contributed by atoms with Gasteiger partial charge in [0.2, 0.25) is 15.9 Å². The summed E-state index contributed by atoms with van der Waals surface area (Å²) in [5.74, 6) is -0.0131. The highest BCUT2D eigenvalue weighted by molar-refractivity contribution is 7.89. The second-order valence-electron chi connectivity index (χ2n) is 10.3. The summed E-state index contributed by atoms with van der Waals surface area (Å²) in [6.07, 6.45) is 5.57. The molecule has 1 saturated carbocycles. The van der Waals surface area contributed by atoms with Crippen LogP contribution in [0.4, 0.5) is 9.18 Å². The van der Waals surface area contributed by atoms with Crippen LogP contribution in [0.15, 0.2) is 18.2 Å². The number of sulfonamides is 1. The number of rotatable bonds is 13. The summed E-state index contributed by atoms with van der Waals surface area (Å²) < 4.78 is 49.2. The number of likely N-dealkylation sites (tertiary alicyclic amines) is 1. The number of hydrogen-bond donors (Lipinski definition) is 2. The Labute approximate surface area is 212 Å². The third-order valence-corrected chi connectivity index (χ3v) is 8.68. The molecule has 2 N–H and O–H groups in total. The van der Waals surface area contributed by atoms with Crippen LogP contribution in [0, 0.1) is 17.7 Å². The van der Waals surface area contributed by atoms with Gasteiger partial charge >= 0.3 is 6.03 Å². The number of hydrogen-bond acceptors (Lipinski definition) is 6. The zero-order valence-corrected chi connectivity index (χ0v) is 21.7. The standard InChI is InChI=1S/C25H37FN4O5S/c1-29-12-9-19(10-13-29)24(20-7-8-21(26)22(15-20)35-17-18-5-6-18)28-36(33,34)14-4-2-3-11-30-16-23(31)27-25(30)32/h7-8,15,18-19,24,28H,2-6,9-14,16-17H2,1H3,(H,27,31,32)/t24-/m1/s1. The number of halogens is 1. The van der Waals surface area contributed by atoms with E-state index in [1.165, 1.54) is 11.0 Å². The fourth-order valence-electron chi connectivity index (χ4n) is 4.80. The topological polar surface area (TPSA) is 108 Å². The van der Waals surface area contributed by atoms with Crippen molar-refractivity contribution in [1.82, 2.24) is 19.8 Å². The second kappa shape index (κ2) is 11.9. The molecule has 0 unspecified atom stereocenters. The van der Waals surface area contributed by atoms with E-state index >= 15 is 0 Å². The molecule has 2 aliphatic heterocycles. The number of carbonyl (C=O) groups is 2. The summed E-state index contributed by atoms with van der Waals surface area (Å²) in [6, 6.07) is 3.84. The Balaban J connectivity index is 1.36. The summed E-state index contributed by atoms with van der Waals surface area (Å²) in [5, 5.41) is 2.23. The molecule has 36 heavy (non-hydrogen) atoms. The van der Waals surface area contributed by atoms with E-state index in [1.54, 1.807) is 12.1 Å². The Morgan fingerprint density at radius 2 is 1.89 bits per heavy atom. The predicted octanol–water partition coefficient (Wildman–Crippen LogP) is 2.64. The summed E-state index contributed by atoms with van der Waals surface area (Å²) in [4.78, 5) is 26.5. The highest BCUT2D eigenvalue weighted by Gasteiger charge is 2.31. The van der Waals surface area contributed by atoms with E-state index in [0.29, 0.717) is 38.3 Å². The van der Waals surface area contributed by atoms with Gasteiger partial charge in [0.15, 0.2) is 11.6 Å². The maximum atomic E-state index is 14.4. The molecule has 0 spiro atoms. The SMILES string of the molecule is CN1CCC([C@@H](NS(=O)(=O)CCCCCN2CC(=O)NC2=O)c2ccc(F)c(OCC3CC3)c2)CC1. The minimum Gasteiger partial charge on any atom is -0.490 e. The highest BCUT2D eigenvalue weighted by Crippen LogP contribution is 2.35. The van der Waals surface area contributed by atoms with E-state index in [2.05, 4.69) is 22.0 Å². The van der Waals surface area contributed by atoms with Gasteiger partial charge < -0.3 is 14.5 Å². The number of nitrogens with zero attached hydrogens (tertiary/aromatic N) is 2. The molecule has 3 aliphatic rings. The Morgan fingerprint density at radius 1 is 1.14 bits per heavy atom. The lowest BCUT2D eigenvalue weighted by atomic mass is 9.86. The van der Waals surface area contributed by atoms with Gasteiger partial charge in [-0.2, -0.15) is 0 Å². The van der Waals surface area contributed by atoms with Gasteiger partial charge in [-0.3, -0.25) is 10.1 Å². The van der Waals surface area contributed by atoms with Crippen LogP contribution in [0.5, 0.6) is 5.75 Å². The van der Waals surface area contributed by atoms with Crippen LogP contribution in [0.1, 0.15) is 56.6 Å². The molecule has 3 amide bonds. The number of benzene rings is 1. The van der Waals surface area contributed by atoms with Crippen LogP contribution in [0.3, 0.4) is 0 Å². The number of imide groups is 1. The number of piperidine rings is 1. The average molecular weight is 525 g/mol. The molecule has 4 rings (SSSR count). The third kappa shape index (κ3) is 7.63. The van der Waals surface area contributed by atoms with Gasteiger partial charge in [-0.25, -0.2) is 22.3 Å². The number of ether oxygens (including phenoxy) is 1. The Kier molecular flexibility index (Phi) is 8.84. The molecular formula is C25H37FN4O5S. The zero-order chi connectivity index (χ0) is 25.7. The molecule has 0 radical (unpaired) electrons. The average Bonchev–Trinajstić information content (AvgIpc) is 3.60. The molecular weight excluding hydrogens is 487 g/mol. The summed E-state index contributed by atoms with van der Waals surface area (Å²) in [6.45, 7) is 2.71. The molecule has 200 valence electrons. The molecule has 2 saturated heterocycles. The smallest absolute Gasteiger partial charge is 0.324 e. The molecule has 9 nitrogen and oxygen atoms in total. The van der Waals surface area contributed by atoms with Gasteiger partial charge in [0, 0.05) is 12.6 Å². The first-order chi connectivity index (χ1) is 17.2. The van der Waals surface area contributed by atoms with E-state index in [9.17, 15) is 22.4 Å². The maximum Gasteiger partial charge on any atom is 0.324 e. The van der Waals surface area contributed by atoms with Crippen molar-refractivity contribution in [2.45, 2.75) is 51.0 Å². The van der Waals surface area contributed by atoms with Crippen LogP contribution in [0.2, 0.25) is 0 Å². The largest absolute Gasteiger partial charge is 0.490 e. The van der Waals surface area contributed by atoms with E-state index in [-0.39, 0.29) is 29.9 Å². The van der Waals surface area contributed by atoms with Crippen molar-refractivity contribution in [2.24, 2.45) is 11.8 Å². The maximum absolute atomic E-state index is 14.4. The molecule has 1 aromatic rings. The molecule has 2 heterocycles. The molecule has 1 aliphatic carbocycles. The van der Waals surface area contributed by atoms with Crippen molar-refractivity contribution in [2.75, 3.05) is 45.6 Å². The van der Waals surface area contributed by atoms with Crippen molar-refractivity contribution in [3.63, 3.8) is 0 Å². The zero-order valence-electron chi connectivity index (χ0n) is 20.9. The van der Waals surface area contributed by atoms with Crippen LogP contribution in [-0.4, -0.2) is 75.7 Å². The third-order valence-electron chi connectivity index (χ3n) is 7.24. The Morgan fingerprint density at radius 3 is 2.56 bits per heavy atom.